The van der Waals surface area contributed by atoms with Crippen molar-refractivity contribution < 1.29 is 9.13 Å². The lowest BCUT2D eigenvalue weighted by Gasteiger charge is -2.12. The number of halogens is 3. The molecule has 0 radical (unpaired) electrons. The van der Waals surface area contributed by atoms with Crippen LogP contribution in [0.4, 0.5) is 4.39 Å². The number of hydrogen-bond donors (Lipinski definition) is 0. The van der Waals surface area contributed by atoms with Crippen molar-refractivity contribution >= 4 is 23.2 Å². The molecule has 1 aromatic rings. The standard InChI is InChI=1S/C8H8Cl2FNO/c1-4(2)13-7-5(9)3-12-8(11)6(7)10/h3-4H,1-2H3. The fourth-order valence-corrected chi connectivity index (χ4v) is 1.20. The minimum atomic E-state index is -0.776. The van der Waals surface area contributed by atoms with E-state index in [-0.39, 0.29) is 21.9 Å². The molecule has 1 rings (SSSR count). The van der Waals surface area contributed by atoms with Crippen LogP contribution in [-0.2, 0) is 0 Å². The van der Waals surface area contributed by atoms with Crippen molar-refractivity contribution in [2.45, 2.75) is 20.0 Å². The Bertz CT molecular complexity index is 317. The Morgan fingerprint density at radius 1 is 1.46 bits per heavy atom. The number of nitrogens with zero attached hydrogens (tertiary/aromatic N) is 1. The first-order valence-electron chi connectivity index (χ1n) is 3.68. The molecule has 5 heteroatoms. The van der Waals surface area contributed by atoms with Crippen molar-refractivity contribution in [3.63, 3.8) is 0 Å². The molecule has 1 aromatic heterocycles. The molecule has 0 fully saturated rings. The smallest absolute Gasteiger partial charge is 0.235 e. The highest BCUT2D eigenvalue weighted by atomic mass is 35.5. The Kier molecular flexibility index (Phi) is 3.33. The van der Waals surface area contributed by atoms with E-state index in [4.69, 9.17) is 27.9 Å². The molecule has 13 heavy (non-hydrogen) atoms. The molecule has 0 amide bonds. The average Bonchev–Trinajstić information content (AvgIpc) is 2.05. The van der Waals surface area contributed by atoms with Crippen LogP contribution in [0.2, 0.25) is 10.0 Å². The first kappa shape index (κ1) is 10.5. The molecule has 0 saturated heterocycles. The van der Waals surface area contributed by atoms with Gasteiger partial charge in [-0.3, -0.25) is 0 Å². The minimum absolute atomic E-state index is 0.114. The molecule has 0 bridgehead atoms. The van der Waals surface area contributed by atoms with E-state index in [0.717, 1.165) is 0 Å². The third-order valence-electron chi connectivity index (χ3n) is 1.24. The maximum Gasteiger partial charge on any atom is 0.235 e. The zero-order valence-corrected chi connectivity index (χ0v) is 8.66. The van der Waals surface area contributed by atoms with Crippen LogP contribution in [0.1, 0.15) is 13.8 Å². The van der Waals surface area contributed by atoms with Crippen molar-refractivity contribution in [3.05, 3.63) is 22.2 Å². The SMILES string of the molecule is CC(C)Oc1c(Cl)cnc(F)c1Cl. The predicted octanol–water partition coefficient (Wildman–Crippen LogP) is 3.31. The summed E-state index contributed by atoms with van der Waals surface area (Å²) in [7, 11) is 0. The second-order valence-electron chi connectivity index (χ2n) is 2.71. The zero-order valence-electron chi connectivity index (χ0n) is 7.14. The van der Waals surface area contributed by atoms with Gasteiger partial charge in [-0.05, 0) is 13.8 Å². The van der Waals surface area contributed by atoms with E-state index in [1.807, 2.05) is 0 Å². The second-order valence-corrected chi connectivity index (χ2v) is 3.49. The van der Waals surface area contributed by atoms with Crippen molar-refractivity contribution in [2.75, 3.05) is 0 Å². The Morgan fingerprint density at radius 3 is 2.62 bits per heavy atom. The Hall–Kier alpha value is -0.540. The molecule has 0 aliphatic heterocycles. The zero-order chi connectivity index (χ0) is 10.0. The van der Waals surface area contributed by atoms with E-state index in [9.17, 15) is 4.39 Å². The summed E-state index contributed by atoms with van der Waals surface area (Å²) in [5.41, 5.74) is 0. The second kappa shape index (κ2) is 4.11. The molecule has 0 spiro atoms. The highest BCUT2D eigenvalue weighted by molar-refractivity contribution is 6.37. The summed E-state index contributed by atoms with van der Waals surface area (Å²) in [6.45, 7) is 3.59. The largest absolute Gasteiger partial charge is 0.488 e. The summed E-state index contributed by atoms with van der Waals surface area (Å²) >= 11 is 11.3. The average molecular weight is 224 g/mol. The first-order chi connectivity index (χ1) is 6.02. The van der Waals surface area contributed by atoms with E-state index in [2.05, 4.69) is 4.98 Å². The molecular weight excluding hydrogens is 216 g/mol. The topological polar surface area (TPSA) is 22.1 Å². The number of aromatic nitrogens is 1. The maximum absolute atomic E-state index is 12.8. The van der Waals surface area contributed by atoms with Crippen molar-refractivity contribution in [2.24, 2.45) is 0 Å². The summed E-state index contributed by atoms with van der Waals surface area (Å²) in [5.74, 6) is -0.632. The van der Waals surface area contributed by atoms with Gasteiger partial charge >= 0.3 is 0 Å². The van der Waals surface area contributed by atoms with E-state index in [1.54, 1.807) is 13.8 Å². The van der Waals surface area contributed by atoms with Crippen LogP contribution in [0.5, 0.6) is 5.75 Å². The Morgan fingerprint density at radius 2 is 2.08 bits per heavy atom. The van der Waals surface area contributed by atoms with Gasteiger partial charge in [-0.25, -0.2) is 4.98 Å². The molecule has 0 aliphatic rings. The molecule has 0 N–H and O–H groups in total. The van der Waals surface area contributed by atoms with Gasteiger partial charge in [0.1, 0.15) is 10.0 Å². The summed E-state index contributed by atoms with van der Waals surface area (Å²) in [4.78, 5) is 3.34. The molecule has 2 nitrogen and oxygen atoms in total. The molecule has 1 heterocycles. The fraction of sp³-hybridized carbons (Fsp3) is 0.375. The molecule has 0 atom stereocenters. The van der Waals surface area contributed by atoms with E-state index < -0.39 is 5.95 Å². The number of rotatable bonds is 2. The molecule has 0 unspecified atom stereocenters. The van der Waals surface area contributed by atoms with Gasteiger partial charge in [0.25, 0.3) is 0 Å². The van der Waals surface area contributed by atoms with Crippen LogP contribution in [0.25, 0.3) is 0 Å². The van der Waals surface area contributed by atoms with Crippen LogP contribution < -0.4 is 4.74 Å². The summed E-state index contributed by atoms with van der Waals surface area (Å²) < 4.78 is 18.0. The quantitative estimate of drug-likeness (QED) is 0.719. The van der Waals surface area contributed by atoms with Crippen LogP contribution in [0.3, 0.4) is 0 Å². The van der Waals surface area contributed by atoms with Crippen LogP contribution >= 0.6 is 23.2 Å². The van der Waals surface area contributed by atoms with Crippen molar-refractivity contribution in [3.8, 4) is 5.75 Å². The molecule has 0 saturated carbocycles. The third kappa shape index (κ3) is 2.45. The molecular formula is C8H8Cl2FNO. The van der Waals surface area contributed by atoms with Gasteiger partial charge in [0.05, 0.1) is 12.3 Å². The highest BCUT2D eigenvalue weighted by Gasteiger charge is 2.14. The number of ether oxygens (including phenoxy) is 1. The lowest BCUT2D eigenvalue weighted by Crippen LogP contribution is -2.07. The normalized spacial score (nSPS) is 10.6. The molecule has 72 valence electrons. The minimum Gasteiger partial charge on any atom is -0.488 e. The van der Waals surface area contributed by atoms with Gasteiger partial charge in [0.2, 0.25) is 5.95 Å². The number of hydrogen-bond acceptors (Lipinski definition) is 2. The Balaban J connectivity index is 3.10. The fourth-order valence-electron chi connectivity index (χ4n) is 0.771. The van der Waals surface area contributed by atoms with E-state index in [1.165, 1.54) is 6.20 Å². The van der Waals surface area contributed by atoms with Crippen LogP contribution in [0, 0.1) is 5.95 Å². The van der Waals surface area contributed by atoms with Gasteiger partial charge in [-0.15, -0.1) is 0 Å². The van der Waals surface area contributed by atoms with Crippen molar-refractivity contribution in [1.82, 2.24) is 4.98 Å². The lowest BCUT2D eigenvalue weighted by atomic mass is 10.4. The summed E-state index contributed by atoms with van der Waals surface area (Å²) in [6, 6.07) is 0. The van der Waals surface area contributed by atoms with Crippen molar-refractivity contribution in [1.29, 1.82) is 0 Å². The van der Waals surface area contributed by atoms with Crippen LogP contribution in [-0.4, -0.2) is 11.1 Å². The highest BCUT2D eigenvalue weighted by Crippen LogP contribution is 2.33. The number of pyridine rings is 1. The first-order valence-corrected chi connectivity index (χ1v) is 4.44. The monoisotopic (exact) mass is 223 g/mol. The molecule has 0 aliphatic carbocycles. The maximum atomic E-state index is 12.8. The van der Waals surface area contributed by atoms with Gasteiger partial charge in [-0.1, -0.05) is 23.2 Å². The van der Waals surface area contributed by atoms with E-state index >= 15 is 0 Å². The van der Waals surface area contributed by atoms with Gasteiger partial charge in [0.15, 0.2) is 5.75 Å². The predicted molar refractivity (Wildman–Crippen MR) is 50.0 cm³/mol. The molecule has 0 aromatic carbocycles. The summed E-state index contributed by atoms with van der Waals surface area (Å²) in [6.07, 6.45) is 1.05. The Labute approximate surface area is 85.6 Å². The summed E-state index contributed by atoms with van der Waals surface area (Å²) in [5, 5.41) is 0.0290. The third-order valence-corrected chi connectivity index (χ3v) is 1.84. The lowest BCUT2D eigenvalue weighted by molar-refractivity contribution is 0.241. The van der Waals surface area contributed by atoms with Gasteiger partial charge in [-0.2, -0.15) is 4.39 Å². The van der Waals surface area contributed by atoms with Crippen LogP contribution in [0.15, 0.2) is 6.20 Å². The van der Waals surface area contributed by atoms with Gasteiger partial charge < -0.3 is 4.74 Å². The van der Waals surface area contributed by atoms with Gasteiger partial charge in [0, 0.05) is 0 Å². The van der Waals surface area contributed by atoms with E-state index in [0.29, 0.717) is 0 Å².